The van der Waals surface area contributed by atoms with Crippen molar-refractivity contribution in [1.82, 2.24) is 24.4 Å². The molecule has 0 bridgehead atoms. The maximum atomic E-state index is 13.2. The van der Waals surface area contributed by atoms with Gasteiger partial charge in [0.2, 0.25) is 4.96 Å². The standard InChI is InChI=1S/C28H21N5O3S2/c1-35-22-12-10-18(15-23(22)36-2)26-19(17-32(31-26)20-7-4-3-5-8-20)16-24-27(34)33-28(38-24)29-25(30-33)13-11-21-9-6-14-37-21/h3-17H,1-2H3/b13-11+,24-16-. The van der Waals surface area contributed by atoms with Crippen molar-refractivity contribution in [2.75, 3.05) is 14.2 Å². The molecule has 8 nitrogen and oxygen atoms in total. The van der Waals surface area contributed by atoms with Crippen molar-refractivity contribution in [2.45, 2.75) is 0 Å². The van der Waals surface area contributed by atoms with Gasteiger partial charge in [-0.2, -0.15) is 14.6 Å². The minimum Gasteiger partial charge on any atom is -0.493 e. The molecule has 4 aromatic heterocycles. The molecule has 6 aromatic rings. The lowest BCUT2D eigenvalue weighted by molar-refractivity contribution is 0.355. The first-order valence-corrected chi connectivity index (χ1v) is 13.3. The Morgan fingerprint density at radius 1 is 0.921 bits per heavy atom. The zero-order chi connectivity index (χ0) is 26.1. The normalized spacial score (nSPS) is 12.1. The average molecular weight is 540 g/mol. The van der Waals surface area contributed by atoms with E-state index in [2.05, 4.69) is 10.1 Å². The van der Waals surface area contributed by atoms with E-state index in [1.807, 2.05) is 90.5 Å². The van der Waals surface area contributed by atoms with Crippen LogP contribution >= 0.6 is 22.7 Å². The molecule has 0 atom stereocenters. The number of hydrogen-bond donors (Lipinski definition) is 0. The van der Waals surface area contributed by atoms with E-state index in [9.17, 15) is 4.79 Å². The van der Waals surface area contributed by atoms with Crippen LogP contribution in [-0.4, -0.2) is 38.6 Å². The summed E-state index contributed by atoms with van der Waals surface area (Å²) in [5.41, 5.74) is 2.99. The Morgan fingerprint density at radius 2 is 1.76 bits per heavy atom. The van der Waals surface area contributed by atoms with Gasteiger partial charge in [0, 0.05) is 22.2 Å². The molecule has 0 aliphatic rings. The fourth-order valence-corrected chi connectivity index (χ4v) is 5.54. The highest BCUT2D eigenvalue weighted by Gasteiger charge is 2.16. The monoisotopic (exact) mass is 539 g/mol. The van der Waals surface area contributed by atoms with Gasteiger partial charge in [0.05, 0.1) is 24.4 Å². The maximum absolute atomic E-state index is 13.2. The molecule has 0 N–H and O–H groups in total. The largest absolute Gasteiger partial charge is 0.493 e. The number of hydrogen-bond acceptors (Lipinski definition) is 8. The topological polar surface area (TPSA) is 83.5 Å². The number of fused-ring (bicyclic) bond motifs is 1. The van der Waals surface area contributed by atoms with Gasteiger partial charge in [-0.1, -0.05) is 35.6 Å². The van der Waals surface area contributed by atoms with E-state index in [0.717, 1.165) is 21.7 Å². The molecule has 6 rings (SSSR count). The van der Waals surface area contributed by atoms with Crippen LogP contribution in [0.3, 0.4) is 0 Å². The van der Waals surface area contributed by atoms with Crippen LogP contribution in [0.5, 0.6) is 11.5 Å². The number of benzene rings is 2. The summed E-state index contributed by atoms with van der Waals surface area (Å²) in [5.74, 6) is 1.72. The molecule has 188 valence electrons. The van der Waals surface area contributed by atoms with Crippen LogP contribution in [0.15, 0.2) is 77.0 Å². The second-order valence-electron chi connectivity index (χ2n) is 8.21. The van der Waals surface area contributed by atoms with Crippen molar-refractivity contribution in [3.05, 3.63) is 103 Å². The molecular weight excluding hydrogens is 518 g/mol. The van der Waals surface area contributed by atoms with Gasteiger partial charge in [-0.15, -0.1) is 16.4 Å². The summed E-state index contributed by atoms with van der Waals surface area (Å²) in [6.45, 7) is 0. The van der Waals surface area contributed by atoms with Crippen LogP contribution in [-0.2, 0) is 0 Å². The van der Waals surface area contributed by atoms with Gasteiger partial charge < -0.3 is 9.47 Å². The predicted molar refractivity (Wildman–Crippen MR) is 151 cm³/mol. The lowest BCUT2D eigenvalue weighted by Crippen LogP contribution is -2.23. The van der Waals surface area contributed by atoms with E-state index < -0.39 is 0 Å². The molecule has 0 saturated heterocycles. The second kappa shape index (κ2) is 10.1. The number of para-hydroxylation sites is 1. The Balaban J connectivity index is 1.45. The highest BCUT2D eigenvalue weighted by atomic mass is 32.1. The van der Waals surface area contributed by atoms with Crippen LogP contribution < -0.4 is 19.6 Å². The summed E-state index contributed by atoms with van der Waals surface area (Å²) in [6, 6.07) is 19.4. The molecular formula is C28H21N5O3S2. The third-order valence-corrected chi connectivity index (χ3v) is 7.64. The molecule has 0 aliphatic heterocycles. The Labute approximate surface area is 225 Å². The summed E-state index contributed by atoms with van der Waals surface area (Å²) >= 11 is 2.92. The molecule has 0 spiro atoms. The van der Waals surface area contributed by atoms with E-state index in [1.165, 1.54) is 15.9 Å². The minimum atomic E-state index is -0.223. The number of aromatic nitrogens is 5. The molecule has 0 radical (unpaired) electrons. The number of methoxy groups -OCH3 is 2. The van der Waals surface area contributed by atoms with Gasteiger partial charge in [-0.3, -0.25) is 4.79 Å². The van der Waals surface area contributed by atoms with Crippen LogP contribution in [0.1, 0.15) is 16.3 Å². The van der Waals surface area contributed by atoms with Gasteiger partial charge in [-0.05, 0) is 60.0 Å². The van der Waals surface area contributed by atoms with Crippen LogP contribution in [0.2, 0.25) is 0 Å². The molecule has 2 aromatic carbocycles. The van der Waals surface area contributed by atoms with Gasteiger partial charge in [0.1, 0.15) is 5.69 Å². The van der Waals surface area contributed by atoms with Crippen molar-refractivity contribution in [1.29, 1.82) is 0 Å². The fourth-order valence-electron chi connectivity index (χ4n) is 4.02. The summed E-state index contributed by atoms with van der Waals surface area (Å²) < 4.78 is 14.6. The molecule has 38 heavy (non-hydrogen) atoms. The molecule has 4 heterocycles. The quantitative estimate of drug-likeness (QED) is 0.290. The zero-order valence-corrected chi connectivity index (χ0v) is 22.1. The highest BCUT2D eigenvalue weighted by molar-refractivity contribution is 7.15. The van der Waals surface area contributed by atoms with Crippen LogP contribution in [0.4, 0.5) is 0 Å². The fraction of sp³-hybridized carbons (Fsp3) is 0.0714. The smallest absolute Gasteiger partial charge is 0.291 e. The Hall–Kier alpha value is -4.54. The lowest BCUT2D eigenvalue weighted by Gasteiger charge is -2.09. The first kappa shape index (κ1) is 23.8. The Kier molecular flexibility index (Phi) is 6.32. The van der Waals surface area contributed by atoms with E-state index in [4.69, 9.17) is 14.6 Å². The summed E-state index contributed by atoms with van der Waals surface area (Å²) in [4.78, 5) is 19.4. The molecule has 0 amide bonds. The third-order valence-electron chi connectivity index (χ3n) is 5.84. The summed E-state index contributed by atoms with van der Waals surface area (Å²) in [6.07, 6.45) is 7.50. The number of thiazole rings is 1. The Morgan fingerprint density at radius 3 is 2.50 bits per heavy atom. The van der Waals surface area contributed by atoms with Gasteiger partial charge in [0.15, 0.2) is 17.3 Å². The average Bonchev–Trinajstić information content (AvgIpc) is 3.75. The van der Waals surface area contributed by atoms with E-state index in [0.29, 0.717) is 32.5 Å². The van der Waals surface area contributed by atoms with E-state index in [-0.39, 0.29) is 5.56 Å². The minimum absolute atomic E-state index is 0.223. The summed E-state index contributed by atoms with van der Waals surface area (Å²) in [5, 5.41) is 11.3. The predicted octanol–water partition coefficient (Wildman–Crippen LogP) is 4.80. The van der Waals surface area contributed by atoms with E-state index >= 15 is 0 Å². The number of ether oxygens (including phenoxy) is 2. The number of rotatable bonds is 7. The van der Waals surface area contributed by atoms with Gasteiger partial charge >= 0.3 is 0 Å². The van der Waals surface area contributed by atoms with Gasteiger partial charge in [-0.25, -0.2) is 4.68 Å². The molecule has 10 heteroatoms. The zero-order valence-electron chi connectivity index (χ0n) is 20.4. The maximum Gasteiger partial charge on any atom is 0.291 e. The van der Waals surface area contributed by atoms with Crippen LogP contribution in [0.25, 0.3) is 40.1 Å². The van der Waals surface area contributed by atoms with Crippen molar-refractivity contribution in [2.24, 2.45) is 0 Å². The van der Waals surface area contributed by atoms with E-state index in [1.54, 1.807) is 30.2 Å². The van der Waals surface area contributed by atoms with Crippen molar-refractivity contribution < 1.29 is 9.47 Å². The van der Waals surface area contributed by atoms with Crippen molar-refractivity contribution in [3.8, 4) is 28.4 Å². The van der Waals surface area contributed by atoms with Crippen molar-refractivity contribution >= 4 is 45.9 Å². The Bertz CT molecular complexity index is 1870. The van der Waals surface area contributed by atoms with Gasteiger partial charge in [0.25, 0.3) is 5.56 Å². The first-order chi connectivity index (χ1) is 18.6. The second-order valence-corrected chi connectivity index (χ2v) is 10.2. The number of thiophene rings is 1. The number of nitrogens with zero attached hydrogens (tertiary/aromatic N) is 5. The molecule has 0 fully saturated rings. The summed E-state index contributed by atoms with van der Waals surface area (Å²) in [7, 11) is 3.19. The van der Waals surface area contributed by atoms with Crippen molar-refractivity contribution in [3.63, 3.8) is 0 Å². The SMILES string of the molecule is COc1ccc(-c2nn(-c3ccccc3)cc2/C=c2\sc3nc(/C=C/c4cccs4)nn3c2=O)cc1OC. The molecule has 0 aliphatic carbocycles. The van der Waals surface area contributed by atoms with Crippen LogP contribution in [0, 0.1) is 0 Å². The lowest BCUT2D eigenvalue weighted by atomic mass is 10.1. The molecule has 0 unspecified atom stereocenters. The third kappa shape index (κ3) is 4.51. The highest BCUT2D eigenvalue weighted by Crippen LogP contribution is 2.33. The molecule has 0 saturated carbocycles. The first-order valence-electron chi connectivity index (χ1n) is 11.6.